The SMILES string of the molecule is C/C(=N/NC(=O)c1ccco1)c1nc2ccccc2[nH]1. The molecule has 0 spiro atoms. The first-order valence-corrected chi connectivity index (χ1v) is 6.07. The van der Waals surface area contributed by atoms with Crippen molar-refractivity contribution in [3.05, 3.63) is 54.2 Å². The van der Waals surface area contributed by atoms with E-state index in [1.807, 2.05) is 24.3 Å². The minimum Gasteiger partial charge on any atom is -0.459 e. The van der Waals surface area contributed by atoms with Gasteiger partial charge in [-0.3, -0.25) is 4.79 Å². The molecule has 0 aliphatic heterocycles. The summed E-state index contributed by atoms with van der Waals surface area (Å²) in [4.78, 5) is 19.2. The Bertz CT molecular complexity index is 738. The molecule has 0 fully saturated rings. The Hall–Kier alpha value is -2.89. The summed E-state index contributed by atoms with van der Waals surface area (Å²) in [5.41, 5.74) is 4.79. The number of carbonyl (C=O) groups excluding carboxylic acids is 1. The molecule has 0 aliphatic rings. The molecular weight excluding hydrogens is 256 g/mol. The van der Waals surface area contributed by atoms with Crippen molar-refractivity contribution in [2.24, 2.45) is 5.10 Å². The van der Waals surface area contributed by atoms with Crippen LogP contribution in [-0.2, 0) is 0 Å². The number of aromatic nitrogens is 2. The minimum atomic E-state index is -0.398. The first kappa shape index (κ1) is 12.2. The zero-order valence-corrected chi connectivity index (χ0v) is 10.8. The number of nitrogens with one attached hydrogen (secondary N) is 2. The van der Waals surface area contributed by atoms with E-state index in [1.54, 1.807) is 19.1 Å². The quantitative estimate of drug-likeness (QED) is 0.564. The molecule has 2 aromatic heterocycles. The number of fused-ring (bicyclic) bond motifs is 1. The molecule has 0 radical (unpaired) electrons. The van der Waals surface area contributed by atoms with Gasteiger partial charge in [0.25, 0.3) is 0 Å². The van der Waals surface area contributed by atoms with E-state index >= 15 is 0 Å². The minimum absolute atomic E-state index is 0.214. The predicted octanol–water partition coefficient (Wildman–Crippen LogP) is 2.31. The van der Waals surface area contributed by atoms with Crippen LogP contribution in [0.3, 0.4) is 0 Å². The highest BCUT2D eigenvalue weighted by molar-refractivity contribution is 5.99. The van der Waals surface area contributed by atoms with Gasteiger partial charge in [0, 0.05) is 0 Å². The third-order valence-electron chi connectivity index (χ3n) is 2.80. The zero-order valence-electron chi connectivity index (χ0n) is 10.8. The van der Waals surface area contributed by atoms with Crippen molar-refractivity contribution in [3.8, 4) is 0 Å². The first-order chi connectivity index (χ1) is 9.74. The molecule has 3 rings (SSSR count). The summed E-state index contributed by atoms with van der Waals surface area (Å²) in [5.74, 6) is 0.433. The van der Waals surface area contributed by atoms with Gasteiger partial charge in [0.1, 0.15) is 5.71 Å². The lowest BCUT2D eigenvalue weighted by Crippen LogP contribution is -2.19. The average molecular weight is 268 g/mol. The first-order valence-electron chi connectivity index (χ1n) is 6.07. The van der Waals surface area contributed by atoms with E-state index in [1.165, 1.54) is 6.26 Å². The third-order valence-corrected chi connectivity index (χ3v) is 2.80. The van der Waals surface area contributed by atoms with Crippen LogP contribution in [0.4, 0.5) is 0 Å². The van der Waals surface area contributed by atoms with Gasteiger partial charge in [-0.05, 0) is 31.2 Å². The van der Waals surface area contributed by atoms with Crippen LogP contribution in [0.15, 0.2) is 52.2 Å². The Balaban J connectivity index is 1.79. The summed E-state index contributed by atoms with van der Waals surface area (Å²) in [6.45, 7) is 1.76. The van der Waals surface area contributed by atoms with Crippen molar-refractivity contribution in [1.29, 1.82) is 0 Å². The number of para-hydroxylation sites is 2. The van der Waals surface area contributed by atoms with Gasteiger partial charge in [0.05, 0.1) is 17.3 Å². The molecule has 1 amide bonds. The summed E-state index contributed by atoms with van der Waals surface area (Å²) in [5, 5.41) is 4.01. The summed E-state index contributed by atoms with van der Waals surface area (Å²) >= 11 is 0. The van der Waals surface area contributed by atoms with Crippen LogP contribution in [0.25, 0.3) is 11.0 Å². The second-order valence-electron chi connectivity index (χ2n) is 4.22. The number of aromatic amines is 1. The third kappa shape index (κ3) is 2.31. The highest BCUT2D eigenvalue weighted by atomic mass is 16.3. The molecule has 6 heteroatoms. The summed E-state index contributed by atoms with van der Waals surface area (Å²) in [6.07, 6.45) is 1.44. The molecule has 6 nitrogen and oxygen atoms in total. The predicted molar refractivity (Wildman–Crippen MR) is 74.5 cm³/mol. The van der Waals surface area contributed by atoms with Crippen molar-refractivity contribution >= 4 is 22.7 Å². The zero-order chi connectivity index (χ0) is 13.9. The lowest BCUT2D eigenvalue weighted by Gasteiger charge is -1.97. The standard InChI is InChI=1S/C14H12N4O2/c1-9(17-18-14(19)12-7-4-8-20-12)13-15-10-5-2-3-6-11(10)16-13/h2-8H,1H3,(H,15,16)(H,18,19)/b17-9-. The summed E-state index contributed by atoms with van der Waals surface area (Å²) in [7, 11) is 0. The Morgan fingerprint density at radius 2 is 2.15 bits per heavy atom. The Morgan fingerprint density at radius 1 is 1.30 bits per heavy atom. The fourth-order valence-corrected chi connectivity index (χ4v) is 1.77. The normalized spacial score (nSPS) is 11.8. The number of rotatable bonds is 3. The number of hydrogen-bond donors (Lipinski definition) is 2. The van der Waals surface area contributed by atoms with Crippen LogP contribution < -0.4 is 5.43 Å². The molecule has 0 atom stereocenters. The van der Waals surface area contributed by atoms with Crippen molar-refractivity contribution < 1.29 is 9.21 Å². The molecule has 2 heterocycles. The highest BCUT2D eigenvalue weighted by Gasteiger charge is 2.09. The largest absolute Gasteiger partial charge is 0.459 e. The molecule has 0 saturated carbocycles. The molecule has 2 N–H and O–H groups in total. The van der Waals surface area contributed by atoms with Gasteiger partial charge in [-0.1, -0.05) is 12.1 Å². The van der Waals surface area contributed by atoms with Gasteiger partial charge >= 0.3 is 5.91 Å². The van der Waals surface area contributed by atoms with Gasteiger partial charge in [-0.15, -0.1) is 0 Å². The maximum atomic E-state index is 11.7. The van der Waals surface area contributed by atoms with Crippen LogP contribution in [-0.4, -0.2) is 21.6 Å². The Labute approximate surface area is 114 Å². The van der Waals surface area contributed by atoms with E-state index in [0.717, 1.165) is 11.0 Å². The lowest BCUT2D eigenvalue weighted by atomic mass is 10.3. The van der Waals surface area contributed by atoms with Gasteiger partial charge in [0.15, 0.2) is 11.6 Å². The second-order valence-corrected chi connectivity index (χ2v) is 4.22. The summed E-state index contributed by atoms with van der Waals surface area (Å²) in [6, 6.07) is 10.9. The van der Waals surface area contributed by atoms with E-state index in [9.17, 15) is 4.79 Å². The topological polar surface area (TPSA) is 83.3 Å². The second kappa shape index (κ2) is 5.00. The number of furan rings is 1. The van der Waals surface area contributed by atoms with Gasteiger partial charge in [-0.25, -0.2) is 10.4 Å². The molecule has 0 aliphatic carbocycles. The van der Waals surface area contributed by atoms with Crippen LogP contribution in [0, 0.1) is 0 Å². The van der Waals surface area contributed by atoms with Crippen LogP contribution in [0.1, 0.15) is 23.3 Å². The van der Waals surface area contributed by atoms with Crippen molar-refractivity contribution in [3.63, 3.8) is 0 Å². The van der Waals surface area contributed by atoms with Crippen LogP contribution in [0.5, 0.6) is 0 Å². The fraction of sp³-hybridized carbons (Fsp3) is 0.0714. The average Bonchev–Trinajstić information content (AvgIpc) is 3.12. The van der Waals surface area contributed by atoms with Crippen molar-refractivity contribution in [2.75, 3.05) is 0 Å². The van der Waals surface area contributed by atoms with E-state index < -0.39 is 5.91 Å². The maximum Gasteiger partial charge on any atom is 0.307 e. The molecule has 100 valence electrons. The smallest absolute Gasteiger partial charge is 0.307 e. The number of benzene rings is 1. The maximum absolute atomic E-state index is 11.7. The number of hydrogen-bond acceptors (Lipinski definition) is 4. The number of H-pyrrole nitrogens is 1. The highest BCUT2D eigenvalue weighted by Crippen LogP contribution is 2.10. The Morgan fingerprint density at radius 3 is 2.90 bits per heavy atom. The van der Waals surface area contributed by atoms with Gasteiger partial charge in [-0.2, -0.15) is 5.10 Å². The molecule has 0 saturated heterocycles. The molecule has 20 heavy (non-hydrogen) atoms. The Kier molecular flexibility index (Phi) is 3.04. The van der Waals surface area contributed by atoms with E-state index in [2.05, 4.69) is 20.5 Å². The fourth-order valence-electron chi connectivity index (χ4n) is 1.77. The monoisotopic (exact) mass is 268 g/mol. The van der Waals surface area contributed by atoms with Crippen molar-refractivity contribution in [2.45, 2.75) is 6.92 Å². The van der Waals surface area contributed by atoms with E-state index in [-0.39, 0.29) is 5.76 Å². The lowest BCUT2D eigenvalue weighted by molar-refractivity contribution is 0.0927. The number of amides is 1. The number of imidazole rings is 1. The summed E-state index contributed by atoms with van der Waals surface area (Å²) < 4.78 is 4.98. The number of nitrogens with zero attached hydrogens (tertiary/aromatic N) is 2. The van der Waals surface area contributed by atoms with Crippen molar-refractivity contribution in [1.82, 2.24) is 15.4 Å². The van der Waals surface area contributed by atoms with Crippen LogP contribution in [0.2, 0.25) is 0 Å². The van der Waals surface area contributed by atoms with Gasteiger partial charge in [0.2, 0.25) is 0 Å². The molecular formula is C14H12N4O2. The number of carbonyl (C=O) groups is 1. The van der Waals surface area contributed by atoms with E-state index in [4.69, 9.17) is 4.42 Å². The molecule has 0 unspecified atom stereocenters. The van der Waals surface area contributed by atoms with Crippen LogP contribution >= 0.6 is 0 Å². The van der Waals surface area contributed by atoms with E-state index in [0.29, 0.717) is 11.5 Å². The molecule has 1 aromatic carbocycles. The molecule has 3 aromatic rings. The van der Waals surface area contributed by atoms with Gasteiger partial charge < -0.3 is 9.40 Å². The molecule has 0 bridgehead atoms. The number of hydrazone groups is 1.